The number of hydrogen-bond acceptors (Lipinski definition) is 6. The molecule has 0 unspecified atom stereocenters. The van der Waals surface area contributed by atoms with E-state index in [-0.39, 0.29) is 5.91 Å². The maximum absolute atomic E-state index is 12.4. The molecule has 0 spiro atoms. The predicted molar refractivity (Wildman–Crippen MR) is 114 cm³/mol. The lowest BCUT2D eigenvalue weighted by molar-refractivity contribution is 0.102. The molecule has 2 aromatic heterocycles. The van der Waals surface area contributed by atoms with Crippen molar-refractivity contribution in [3.63, 3.8) is 0 Å². The lowest BCUT2D eigenvalue weighted by atomic mass is 10.1. The number of carbonyl (C=O) groups excluding carboxylic acids is 1. The molecule has 4 rings (SSSR count). The van der Waals surface area contributed by atoms with E-state index < -0.39 is 0 Å². The molecule has 4 aromatic rings. The van der Waals surface area contributed by atoms with E-state index in [1.165, 1.54) is 0 Å². The van der Waals surface area contributed by atoms with Crippen LogP contribution in [0, 0.1) is 11.3 Å². The van der Waals surface area contributed by atoms with E-state index in [0.717, 1.165) is 16.9 Å². The van der Waals surface area contributed by atoms with E-state index in [2.05, 4.69) is 25.6 Å². The molecule has 2 heterocycles. The Hall–Kier alpha value is -4.57. The van der Waals surface area contributed by atoms with E-state index in [4.69, 9.17) is 5.26 Å². The van der Waals surface area contributed by atoms with Crippen molar-refractivity contribution in [1.29, 1.82) is 5.26 Å². The largest absolute Gasteiger partial charge is 0.324 e. The molecule has 0 fully saturated rings. The Bertz CT molecular complexity index is 1220. The normalized spacial score (nSPS) is 10.1. The molecular formula is C23H16N6O. The summed E-state index contributed by atoms with van der Waals surface area (Å²) in [7, 11) is 0. The lowest BCUT2D eigenvalue weighted by Crippen LogP contribution is -2.11. The van der Waals surface area contributed by atoms with Crippen molar-refractivity contribution in [1.82, 2.24) is 15.0 Å². The van der Waals surface area contributed by atoms with Gasteiger partial charge in [0.25, 0.3) is 5.91 Å². The van der Waals surface area contributed by atoms with Crippen LogP contribution in [-0.2, 0) is 0 Å². The number of nitrogens with one attached hydrogen (secondary N) is 2. The van der Waals surface area contributed by atoms with E-state index in [9.17, 15) is 4.79 Å². The van der Waals surface area contributed by atoms with E-state index in [0.29, 0.717) is 22.8 Å². The third kappa shape index (κ3) is 4.46. The summed E-state index contributed by atoms with van der Waals surface area (Å²) in [5.41, 5.74) is 3.98. The second-order valence-corrected chi connectivity index (χ2v) is 6.36. The molecule has 0 aliphatic carbocycles. The van der Waals surface area contributed by atoms with Crippen LogP contribution in [0.3, 0.4) is 0 Å². The van der Waals surface area contributed by atoms with Gasteiger partial charge in [-0.2, -0.15) is 5.26 Å². The molecule has 0 aliphatic heterocycles. The monoisotopic (exact) mass is 392 g/mol. The first-order chi connectivity index (χ1) is 14.7. The van der Waals surface area contributed by atoms with Crippen molar-refractivity contribution in [2.75, 3.05) is 10.6 Å². The Balaban J connectivity index is 1.48. The minimum absolute atomic E-state index is 0.258. The zero-order chi connectivity index (χ0) is 20.8. The fourth-order valence-corrected chi connectivity index (χ4v) is 2.80. The van der Waals surface area contributed by atoms with Crippen LogP contribution >= 0.6 is 0 Å². The first kappa shape index (κ1) is 18.8. The van der Waals surface area contributed by atoms with Crippen LogP contribution in [0.5, 0.6) is 0 Å². The number of benzene rings is 2. The highest BCUT2D eigenvalue weighted by molar-refractivity contribution is 6.04. The Morgan fingerprint density at radius 2 is 1.77 bits per heavy atom. The topological polar surface area (TPSA) is 104 Å². The van der Waals surface area contributed by atoms with Gasteiger partial charge in [-0.05, 0) is 60.7 Å². The third-order valence-electron chi connectivity index (χ3n) is 4.27. The van der Waals surface area contributed by atoms with Crippen LogP contribution in [0.25, 0.3) is 11.3 Å². The van der Waals surface area contributed by atoms with Gasteiger partial charge in [0.1, 0.15) is 0 Å². The van der Waals surface area contributed by atoms with Crippen molar-refractivity contribution < 1.29 is 4.79 Å². The number of carbonyl (C=O) groups is 1. The summed E-state index contributed by atoms with van der Waals surface area (Å²) >= 11 is 0. The number of rotatable bonds is 5. The van der Waals surface area contributed by atoms with Gasteiger partial charge in [0.05, 0.1) is 17.3 Å². The summed E-state index contributed by atoms with van der Waals surface area (Å²) in [5.74, 6) is 0.179. The number of hydrogen-bond donors (Lipinski definition) is 2. The molecule has 0 bridgehead atoms. The molecule has 0 atom stereocenters. The Labute approximate surface area is 173 Å². The smallest absolute Gasteiger partial charge is 0.255 e. The second-order valence-electron chi connectivity index (χ2n) is 6.36. The average molecular weight is 392 g/mol. The first-order valence-corrected chi connectivity index (χ1v) is 9.13. The van der Waals surface area contributed by atoms with Crippen LogP contribution in [0.1, 0.15) is 15.9 Å². The Morgan fingerprint density at radius 3 is 2.53 bits per heavy atom. The second kappa shape index (κ2) is 8.63. The highest BCUT2D eigenvalue weighted by Gasteiger charge is 2.08. The SMILES string of the molecule is N#Cc1ccc(C(=O)Nc2cccc(Nc3nccc(-c4cccnc4)n3)c2)cc1. The summed E-state index contributed by atoms with van der Waals surface area (Å²) < 4.78 is 0. The number of aromatic nitrogens is 3. The minimum atomic E-state index is -0.258. The minimum Gasteiger partial charge on any atom is -0.324 e. The van der Waals surface area contributed by atoms with Gasteiger partial charge in [0.2, 0.25) is 5.95 Å². The molecular weight excluding hydrogens is 376 g/mol. The van der Waals surface area contributed by atoms with E-state index in [1.807, 2.05) is 36.4 Å². The summed E-state index contributed by atoms with van der Waals surface area (Å²) in [4.78, 5) is 25.3. The first-order valence-electron chi connectivity index (χ1n) is 9.13. The number of amides is 1. The summed E-state index contributed by atoms with van der Waals surface area (Å²) in [6.07, 6.45) is 5.13. The summed E-state index contributed by atoms with van der Waals surface area (Å²) in [5, 5.41) is 14.9. The lowest BCUT2D eigenvalue weighted by Gasteiger charge is -2.09. The van der Waals surface area contributed by atoms with Gasteiger partial charge in [-0.25, -0.2) is 9.97 Å². The van der Waals surface area contributed by atoms with Gasteiger partial charge in [-0.3, -0.25) is 9.78 Å². The molecule has 0 saturated heterocycles. The molecule has 30 heavy (non-hydrogen) atoms. The highest BCUT2D eigenvalue weighted by Crippen LogP contribution is 2.21. The fourth-order valence-electron chi connectivity index (χ4n) is 2.80. The van der Waals surface area contributed by atoms with Crippen LogP contribution < -0.4 is 10.6 Å². The number of nitrogens with zero attached hydrogens (tertiary/aromatic N) is 4. The van der Waals surface area contributed by atoms with Crippen molar-refractivity contribution in [2.24, 2.45) is 0 Å². The third-order valence-corrected chi connectivity index (χ3v) is 4.27. The van der Waals surface area contributed by atoms with Crippen molar-refractivity contribution in [3.8, 4) is 17.3 Å². The Morgan fingerprint density at radius 1 is 0.933 bits per heavy atom. The predicted octanol–water partition coefficient (Wildman–Crippen LogP) is 4.41. The maximum Gasteiger partial charge on any atom is 0.255 e. The number of nitriles is 1. The van der Waals surface area contributed by atoms with Gasteiger partial charge in [-0.15, -0.1) is 0 Å². The summed E-state index contributed by atoms with van der Waals surface area (Å²) in [6, 6.07) is 21.4. The molecule has 7 nitrogen and oxygen atoms in total. The van der Waals surface area contributed by atoms with Gasteiger partial charge in [0.15, 0.2) is 0 Å². The van der Waals surface area contributed by atoms with Crippen molar-refractivity contribution in [2.45, 2.75) is 0 Å². The van der Waals surface area contributed by atoms with Crippen LogP contribution in [0.2, 0.25) is 0 Å². The van der Waals surface area contributed by atoms with Crippen LogP contribution in [-0.4, -0.2) is 20.9 Å². The van der Waals surface area contributed by atoms with Crippen molar-refractivity contribution in [3.05, 3.63) is 96.4 Å². The standard InChI is InChI=1S/C23H16N6O/c24-14-16-6-8-17(9-7-16)22(30)27-19-4-1-5-20(13-19)28-23-26-12-10-21(29-23)18-3-2-11-25-15-18/h1-13,15H,(H,27,30)(H,26,28,29). The number of pyridine rings is 1. The molecule has 1 amide bonds. The van der Waals surface area contributed by atoms with Gasteiger partial charge < -0.3 is 10.6 Å². The molecule has 0 saturated carbocycles. The highest BCUT2D eigenvalue weighted by atomic mass is 16.1. The zero-order valence-corrected chi connectivity index (χ0v) is 15.8. The summed E-state index contributed by atoms with van der Waals surface area (Å²) in [6.45, 7) is 0. The van der Waals surface area contributed by atoms with Gasteiger partial charge in [-0.1, -0.05) is 6.07 Å². The molecule has 144 valence electrons. The van der Waals surface area contributed by atoms with Gasteiger partial charge >= 0.3 is 0 Å². The maximum atomic E-state index is 12.4. The average Bonchev–Trinajstić information content (AvgIpc) is 2.80. The van der Waals surface area contributed by atoms with Crippen LogP contribution in [0.15, 0.2) is 85.3 Å². The molecule has 0 radical (unpaired) electrons. The quantitative estimate of drug-likeness (QED) is 0.521. The van der Waals surface area contributed by atoms with Gasteiger partial charge in [0, 0.05) is 41.1 Å². The number of anilines is 3. The molecule has 0 aliphatic rings. The molecule has 2 N–H and O–H groups in total. The fraction of sp³-hybridized carbons (Fsp3) is 0. The zero-order valence-electron chi connectivity index (χ0n) is 15.8. The van der Waals surface area contributed by atoms with E-state index in [1.54, 1.807) is 55.0 Å². The Kier molecular flexibility index (Phi) is 5.40. The van der Waals surface area contributed by atoms with Crippen LogP contribution in [0.4, 0.5) is 17.3 Å². The molecule has 7 heteroatoms. The van der Waals surface area contributed by atoms with Crippen molar-refractivity contribution >= 4 is 23.2 Å². The van der Waals surface area contributed by atoms with E-state index >= 15 is 0 Å². The molecule has 2 aromatic carbocycles.